The summed E-state index contributed by atoms with van der Waals surface area (Å²) in [4.78, 5) is 29.4. The molecule has 6 heteroatoms. The first-order chi connectivity index (χ1) is 13.6. The van der Waals surface area contributed by atoms with Crippen molar-refractivity contribution in [2.45, 2.75) is 19.9 Å². The summed E-state index contributed by atoms with van der Waals surface area (Å²) in [5, 5.41) is 3.02. The summed E-state index contributed by atoms with van der Waals surface area (Å²) in [7, 11) is 0. The van der Waals surface area contributed by atoms with Crippen LogP contribution in [0.1, 0.15) is 22.8 Å². The number of nitrogens with zero attached hydrogens (tertiary/aromatic N) is 2. The summed E-state index contributed by atoms with van der Waals surface area (Å²) < 4.78 is 0. The van der Waals surface area contributed by atoms with E-state index in [1.807, 2.05) is 18.2 Å². The Balaban J connectivity index is 1.55. The van der Waals surface area contributed by atoms with Crippen molar-refractivity contribution in [1.29, 1.82) is 0 Å². The van der Waals surface area contributed by atoms with E-state index in [2.05, 4.69) is 48.3 Å². The molecule has 2 aromatic carbocycles. The first-order valence-corrected chi connectivity index (χ1v) is 10.8. The molecule has 1 atom stereocenters. The van der Waals surface area contributed by atoms with Gasteiger partial charge in [-0.3, -0.25) is 9.59 Å². The minimum Gasteiger partial charge on any atom is -0.370 e. The van der Waals surface area contributed by atoms with Crippen LogP contribution in [-0.4, -0.2) is 54.0 Å². The van der Waals surface area contributed by atoms with Gasteiger partial charge in [0.05, 0.1) is 5.88 Å². The maximum atomic E-state index is 12.7. The van der Waals surface area contributed by atoms with Gasteiger partial charge in [-0.1, -0.05) is 30.3 Å². The van der Waals surface area contributed by atoms with Crippen LogP contribution in [0.5, 0.6) is 0 Å². The van der Waals surface area contributed by atoms with E-state index in [0.29, 0.717) is 23.7 Å². The number of anilines is 1. The van der Waals surface area contributed by atoms with Gasteiger partial charge in [-0.2, -0.15) is 0 Å². The van der Waals surface area contributed by atoms with Crippen LogP contribution in [0, 0.1) is 6.92 Å². The van der Waals surface area contributed by atoms with Gasteiger partial charge >= 0.3 is 0 Å². The Morgan fingerprint density at radius 3 is 2.68 bits per heavy atom. The summed E-state index contributed by atoms with van der Waals surface area (Å²) in [5.74, 6) is 1.03. The summed E-state index contributed by atoms with van der Waals surface area (Å²) in [5.41, 5.74) is 3.01. The zero-order valence-electron chi connectivity index (χ0n) is 16.4. The molecule has 0 saturated carbocycles. The quantitative estimate of drug-likeness (QED) is 0.780. The standard InChI is InChI=1S/C22H27N3O2S/c1-3-24(19-11-7-8-17(2)14-19)13-12-23-21(26)20-15-28-16-25(20)22(27)18-9-5-4-6-10-18/h4-11,14,20H,3,12-13,15-16H2,1-2H3,(H,23,26)/t20-/m0/s1. The van der Waals surface area contributed by atoms with E-state index in [0.717, 1.165) is 18.8 Å². The number of rotatable bonds is 7. The highest BCUT2D eigenvalue weighted by molar-refractivity contribution is 7.99. The smallest absolute Gasteiger partial charge is 0.255 e. The van der Waals surface area contributed by atoms with Crippen LogP contribution in [0.4, 0.5) is 5.69 Å². The van der Waals surface area contributed by atoms with Crippen molar-refractivity contribution in [3.05, 3.63) is 65.7 Å². The molecule has 0 spiro atoms. The van der Waals surface area contributed by atoms with Crippen LogP contribution in [0.3, 0.4) is 0 Å². The third-order valence-corrected chi connectivity index (χ3v) is 5.91. The Morgan fingerprint density at radius 1 is 1.18 bits per heavy atom. The van der Waals surface area contributed by atoms with Gasteiger partial charge in [0.1, 0.15) is 6.04 Å². The van der Waals surface area contributed by atoms with Gasteiger partial charge in [-0.05, 0) is 43.7 Å². The second-order valence-electron chi connectivity index (χ2n) is 6.87. The minimum atomic E-state index is -0.410. The molecule has 1 heterocycles. The Kier molecular flexibility index (Phi) is 6.98. The van der Waals surface area contributed by atoms with Gasteiger partial charge in [0.25, 0.3) is 5.91 Å². The minimum absolute atomic E-state index is 0.0745. The number of thioether (sulfide) groups is 1. The lowest BCUT2D eigenvalue weighted by atomic mass is 10.1. The van der Waals surface area contributed by atoms with E-state index in [4.69, 9.17) is 0 Å². The number of hydrogen-bond donors (Lipinski definition) is 1. The van der Waals surface area contributed by atoms with Crippen molar-refractivity contribution in [3.63, 3.8) is 0 Å². The SMILES string of the molecule is CCN(CCNC(=O)[C@@H]1CSCN1C(=O)c1ccccc1)c1cccc(C)c1. The molecule has 3 rings (SSSR count). The third kappa shape index (κ3) is 4.87. The van der Waals surface area contributed by atoms with E-state index in [9.17, 15) is 9.59 Å². The molecule has 0 bridgehead atoms. The lowest BCUT2D eigenvalue weighted by Gasteiger charge is -2.26. The topological polar surface area (TPSA) is 52.7 Å². The number of hydrogen-bond acceptors (Lipinski definition) is 4. The zero-order chi connectivity index (χ0) is 19.9. The predicted molar refractivity (Wildman–Crippen MR) is 116 cm³/mol. The van der Waals surface area contributed by atoms with Crippen LogP contribution in [0.25, 0.3) is 0 Å². The number of aryl methyl sites for hydroxylation is 1. The van der Waals surface area contributed by atoms with Gasteiger partial charge < -0.3 is 15.1 Å². The molecule has 1 aliphatic heterocycles. The fourth-order valence-corrected chi connectivity index (χ4v) is 4.49. The molecule has 1 aliphatic rings. The molecule has 0 aliphatic carbocycles. The second kappa shape index (κ2) is 9.64. The van der Waals surface area contributed by atoms with Crippen molar-refractivity contribution in [2.75, 3.05) is 36.2 Å². The van der Waals surface area contributed by atoms with Crippen LogP contribution in [0.2, 0.25) is 0 Å². The highest BCUT2D eigenvalue weighted by Gasteiger charge is 2.34. The number of amides is 2. The summed E-state index contributed by atoms with van der Waals surface area (Å²) >= 11 is 1.62. The first kappa shape index (κ1) is 20.3. The number of benzene rings is 2. The van der Waals surface area contributed by atoms with Crippen LogP contribution in [0.15, 0.2) is 54.6 Å². The summed E-state index contributed by atoms with van der Waals surface area (Å²) in [6, 6.07) is 17.1. The van der Waals surface area contributed by atoms with Crippen molar-refractivity contribution < 1.29 is 9.59 Å². The van der Waals surface area contributed by atoms with Crippen molar-refractivity contribution >= 4 is 29.3 Å². The van der Waals surface area contributed by atoms with Crippen LogP contribution >= 0.6 is 11.8 Å². The molecule has 1 fully saturated rings. The van der Waals surface area contributed by atoms with Crippen LogP contribution in [-0.2, 0) is 4.79 Å². The first-order valence-electron chi connectivity index (χ1n) is 9.63. The zero-order valence-corrected chi connectivity index (χ0v) is 17.2. The number of carbonyl (C=O) groups is 2. The Bertz CT molecular complexity index is 812. The predicted octanol–water partition coefficient (Wildman–Crippen LogP) is 3.15. The molecule has 0 radical (unpaired) electrons. The average molecular weight is 398 g/mol. The molecule has 2 aromatic rings. The van der Waals surface area contributed by atoms with Gasteiger partial charge in [-0.15, -0.1) is 11.8 Å². The fourth-order valence-electron chi connectivity index (χ4n) is 3.33. The number of carbonyl (C=O) groups excluding carboxylic acids is 2. The fraction of sp³-hybridized carbons (Fsp3) is 0.364. The molecule has 1 saturated heterocycles. The molecule has 148 valence electrons. The number of nitrogens with one attached hydrogen (secondary N) is 1. The molecule has 2 amide bonds. The van der Waals surface area contributed by atoms with E-state index in [1.165, 1.54) is 5.56 Å². The molecule has 28 heavy (non-hydrogen) atoms. The normalized spacial score (nSPS) is 16.1. The lowest BCUT2D eigenvalue weighted by Crippen LogP contribution is -2.48. The summed E-state index contributed by atoms with van der Waals surface area (Å²) in [6.45, 7) is 6.35. The molecule has 5 nitrogen and oxygen atoms in total. The highest BCUT2D eigenvalue weighted by Crippen LogP contribution is 2.23. The van der Waals surface area contributed by atoms with Crippen molar-refractivity contribution in [1.82, 2.24) is 10.2 Å². The maximum absolute atomic E-state index is 12.7. The average Bonchev–Trinajstić information content (AvgIpc) is 3.21. The molecular weight excluding hydrogens is 370 g/mol. The Morgan fingerprint density at radius 2 is 1.96 bits per heavy atom. The van der Waals surface area contributed by atoms with Crippen molar-refractivity contribution in [3.8, 4) is 0 Å². The summed E-state index contributed by atoms with van der Waals surface area (Å²) in [6.07, 6.45) is 0. The van der Waals surface area contributed by atoms with E-state index in [-0.39, 0.29) is 11.8 Å². The molecule has 1 N–H and O–H groups in total. The van der Waals surface area contributed by atoms with Gasteiger partial charge in [0.15, 0.2) is 0 Å². The second-order valence-corrected chi connectivity index (χ2v) is 7.87. The third-order valence-electron chi connectivity index (χ3n) is 4.90. The largest absolute Gasteiger partial charge is 0.370 e. The van der Waals surface area contributed by atoms with Gasteiger partial charge in [-0.25, -0.2) is 0 Å². The number of likely N-dealkylation sites (N-methyl/N-ethyl adjacent to an activating group) is 1. The Hall–Kier alpha value is -2.47. The highest BCUT2D eigenvalue weighted by atomic mass is 32.2. The van der Waals surface area contributed by atoms with Gasteiger partial charge in [0, 0.05) is 36.6 Å². The maximum Gasteiger partial charge on any atom is 0.255 e. The van der Waals surface area contributed by atoms with E-state index in [1.54, 1.807) is 28.8 Å². The molecule has 0 unspecified atom stereocenters. The monoisotopic (exact) mass is 397 g/mol. The molecule has 0 aromatic heterocycles. The van der Waals surface area contributed by atoms with E-state index >= 15 is 0 Å². The van der Waals surface area contributed by atoms with Crippen molar-refractivity contribution in [2.24, 2.45) is 0 Å². The lowest BCUT2D eigenvalue weighted by molar-refractivity contribution is -0.124. The van der Waals surface area contributed by atoms with Gasteiger partial charge in [0.2, 0.25) is 5.91 Å². The van der Waals surface area contributed by atoms with E-state index < -0.39 is 6.04 Å². The molecular formula is C22H27N3O2S. The Labute approximate surface area is 171 Å². The van der Waals surface area contributed by atoms with Crippen LogP contribution < -0.4 is 10.2 Å².